The lowest BCUT2D eigenvalue weighted by Gasteiger charge is -2.16. The second-order valence-corrected chi connectivity index (χ2v) is 6.11. The van der Waals surface area contributed by atoms with E-state index in [1.54, 1.807) is 0 Å². The van der Waals surface area contributed by atoms with Gasteiger partial charge in [-0.1, -0.05) is 0 Å². The zero-order valence-corrected chi connectivity index (χ0v) is 11.3. The summed E-state index contributed by atoms with van der Waals surface area (Å²) in [5.41, 5.74) is 2.13. The zero-order chi connectivity index (χ0) is 12.8. The molecule has 4 rings (SSSR count). The van der Waals surface area contributed by atoms with Crippen molar-refractivity contribution in [1.82, 2.24) is 14.6 Å². The van der Waals surface area contributed by atoms with Crippen LogP contribution in [-0.2, 0) is 0 Å². The molecule has 2 fully saturated rings. The second-order valence-electron chi connectivity index (χ2n) is 6.11. The van der Waals surface area contributed by atoms with Crippen molar-refractivity contribution in [2.45, 2.75) is 32.6 Å². The van der Waals surface area contributed by atoms with Crippen molar-refractivity contribution in [3.05, 3.63) is 24.2 Å². The lowest BCUT2D eigenvalue weighted by Crippen LogP contribution is -2.19. The van der Waals surface area contributed by atoms with E-state index in [2.05, 4.69) is 21.5 Å². The molecule has 2 aromatic heterocycles. The van der Waals surface area contributed by atoms with Crippen LogP contribution in [0.4, 0.5) is 5.82 Å². The van der Waals surface area contributed by atoms with Crippen LogP contribution in [0.25, 0.3) is 5.52 Å². The largest absolute Gasteiger partial charge is 0.368 e. The lowest BCUT2D eigenvalue weighted by atomic mass is 9.98. The maximum Gasteiger partial charge on any atom is 0.152 e. The van der Waals surface area contributed by atoms with E-state index in [4.69, 9.17) is 0 Å². The molecule has 0 atom stereocenters. The monoisotopic (exact) mass is 256 g/mol. The number of rotatable bonds is 5. The zero-order valence-electron chi connectivity index (χ0n) is 11.3. The third kappa shape index (κ3) is 2.20. The van der Waals surface area contributed by atoms with Gasteiger partial charge in [0.05, 0.1) is 5.69 Å². The molecular weight excluding hydrogens is 236 g/mol. The van der Waals surface area contributed by atoms with Crippen molar-refractivity contribution in [2.75, 3.05) is 11.9 Å². The van der Waals surface area contributed by atoms with Gasteiger partial charge >= 0.3 is 0 Å². The highest BCUT2D eigenvalue weighted by atomic mass is 15.2. The highest BCUT2D eigenvalue weighted by molar-refractivity contribution is 5.67. The lowest BCUT2D eigenvalue weighted by molar-refractivity contribution is 0.428. The Morgan fingerprint density at radius 1 is 1.32 bits per heavy atom. The Kier molecular flexibility index (Phi) is 2.50. The molecule has 4 nitrogen and oxygen atoms in total. The van der Waals surface area contributed by atoms with E-state index in [0.29, 0.717) is 0 Å². The third-order valence-corrected chi connectivity index (χ3v) is 4.47. The van der Waals surface area contributed by atoms with Crippen LogP contribution in [-0.4, -0.2) is 21.1 Å². The summed E-state index contributed by atoms with van der Waals surface area (Å²) in [6.45, 7) is 3.10. The summed E-state index contributed by atoms with van der Waals surface area (Å²) < 4.78 is 1.91. The van der Waals surface area contributed by atoms with Gasteiger partial charge in [0.15, 0.2) is 5.82 Å². The molecule has 0 amide bonds. The first kappa shape index (κ1) is 11.3. The highest BCUT2D eigenvalue weighted by Gasteiger charge is 2.41. The Bertz CT molecular complexity index is 583. The van der Waals surface area contributed by atoms with Crippen LogP contribution in [0.5, 0.6) is 0 Å². The first-order chi connectivity index (χ1) is 9.31. The molecule has 4 heteroatoms. The molecule has 19 heavy (non-hydrogen) atoms. The molecule has 0 saturated heterocycles. The molecule has 0 bridgehead atoms. The normalized spacial score (nSPS) is 19.3. The van der Waals surface area contributed by atoms with Crippen molar-refractivity contribution in [2.24, 2.45) is 17.8 Å². The van der Waals surface area contributed by atoms with Gasteiger partial charge in [-0.2, -0.15) is 5.10 Å². The maximum absolute atomic E-state index is 4.48. The molecule has 2 aliphatic carbocycles. The minimum atomic E-state index is 0.867. The average Bonchev–Trinajstić information content (AvgIpc) is 3.28. The van der Waals surface area contributed by atoms with Gasteiger partial charge < -0.3 is 5.32 Å². The predicted octanol–water partition coefficient (Wildman–Crippen LogP) is 2.89. The summed E-state index contributed by atoms with van der Waals surface area (Å²) >= 11 is 0. The number of anilines is 1. The van der Waals surface area contributed by atoms with Gasteiger partial charge in [0.2, 0.25) is 0 Å². The summed E-state index contributed by atoms with van der Waals surface area (Å²) in [6, 6.07) is 2.10. The summed E-state index contributed by atoms with van der Waals surface area (Å²) in [4.78, 5) is 4.48. The molecular formula is C15H20N4. The fourth-order valence-electron chi connectivity index (χ4n) is 3.16. The summed E-state index contributed by atoms with van der Waals surface area (Å²) in [5.74, 6) is 3.80. The number of nitrogens with zero attached hydrogens (tertiary/aromatic N) is 3. The fourth-order valence-corrected chi connectivity index (χ4v) is 3.16. The van der Waals surface area contributed by atoms with E-state index >= 15 is 0 Å². The van der Waals surface area contributed by atoms with Gasteiger partial charge in [-0.05, 0) is 56.4 Å². The van der Waals surface area contributed by atoms with E-state index in [1.165, 1.54) is 25.7 Å². The van der Waals surface area contributed by atoms with Gasteiger partial charge in [0.25, 0.3) is 0 Å². The Morgan fingerprint density at radius 3 is 2.74 bits per heavy atom. The van der Waals surface area contributed by atoms with E-state index in [1.807, 2.05) is 23.8 Å². The molecule has 100 valence electrons. The topological polar surface area (TPSA) is 42.2 Å². The van der Waals surface area contributed by atoms with Crippen molar-refractivity contribution >= 4 is 11.3 Å². The molecule has 1 N–H and O–H groups in total. The second kappa shape index (κ2) is 4.22. The fraction of sp³-hybridized carbons (Fsp3) is 0.600. The van der Waals surface area contributed by atoms with Gasteiger partial charge in [0, 0.05) is 18.9 Å². The number of nitrogens with one attached hydrogen (secondary N) is 1. The van der Waals surface area contributed by atoms with E-state index in [0.717, 1.165) is 41.3 Å². The Hall–Kier alpha value is -1.58. The number of hydrogen-bond acceptors (Lipinski definition) is 3. The predicted molar refractivity (Wildman–Crippen MR) is 75.2 cm³/mol. The first-order valence-electron chi connectivity index (χ1n) is 7.36. The summed E-state index contributed by atoms with van der Waals surface area (Å²) in [5, 5.41) is 8.00. The third-order valence-electron chi connectivity index (χ3n) is 4.47. The smallest absolute Gasteiger partial charge is 0.152 e. The van der Waals surface area contributed by atoms with Crippen molar-refractivity contribution in [3.8, 4) is 0 Å². The van der Waals surface area contributed by atoms with Crippen LogP contribution in [0.2, 0.25) is 0 Å². The highest BCUT2D eigenvalue weighted by Crippen LogP contribution is 2.49. The maximum atomic E-state index is 4.48. The van der Waals surface area contributed by atoms with Crippen LogP contribution >= 0.6 is 0 Å². The number of aromatic nitrogens is 3. The molecule has 2 heterocycles. The molecule has 2 aliphatic rings. The van der Waals surface area contributed by atoms with Crippen molar-refractivity contribution in [3.63, 3.8) is 0 Å². The number of fused-ring (bicyclic) bond motifs is 1. The van der Waals surface area contributed by atoms with Crippen LogP contribution in [0, 0.1) is 24.7 Å². The van der Waals surface area contributed by atoms with E-state index in [9.17, 15) is 0 Å². The minimum absolute atomic E-state index is 0.867. The Balaban J connectivity index is 1.54. The SMILES string of the molecule is Cc1cc2c(NCC(C3CC3)C3CC3)nccn2n1. The van der Waals surface area contributed by atoms with Gasteiger partial charge in [0.1, 0.15) is 5.52 Å². The van der Waals surface area contributed by atoms with Crippen LogP contribution in [0.15, 0.2) is 18.5 Å². The number of hydrogen-bond donors (Lipinski definition) is 1. The molecule has 2 saturated carbocycles. The standard InChI is InChI=1S/C15H20N4/c1-10-8-14-15(16-6-7-19(14)18-10)17-9-13(11-2-3-11)12-4-5-12/h6-8,11-13H,2-5,9H2,1H3,(H,16,17). The van der Waals surface area contributed by atoms with Crippen LogP contribution in [0.3, 0.4) is 0 Å². The van der Waals surface area contributed by atoms with Gasteiger partial charge in [-0.25, -0.2) is 9.50 Å². The number of aryl methyl sites for hydroxylation is 1. The Morgan fingerprint density at radius 2 is 2.05 bits per heavy atom. The van der Waals surface area contributed by atoms with Crippen LogP contribution in [0.1, 0.15) is 31.4 Å². The quantitative estimate of drug-likeness (QED) is 0.894. The van der Waals surface area contributed by atoms with E-state index < -0.39 is 0 Å². The van der Waals surface area contributed by atoms with Crippen molar-refractivity contribution in [1.29, 1.82) is 0 Å². The summed E-state index contributed by atoms with van der Waals surface area (Å²) in [6.07, 6.45) is 9.48. The summed E-state index contributed by atoms with van der Waals surface area (Å²) in [7, 11) is 0. The molecule has 0 aromatic carbocycles. The van der Waals surface area contributed by atoms with Crippen molar-refractivity contribution < 1.29 is 0 Å². The molecule has 0 spiro atoms. The minimum Gasteiger partial charge on any atom is -0.368 e. The van der Waals surface area contributed by atoms with E-state index in [-0.39, 0.29) is 0 Å². The first-order valence-corrected chi connectivity index (χ1v) is 7.36. The van der Waals surface area contributed by atoms with Crippen LogP contribution < -0.4 is 5.32 Å². The Labute approximate surface area is 113 Å². The molecule has 2 aromatic rings. The molecule has 0 unspecified atom stereocenters. The van der Waals surface area contributed by atoms with Gasteiger partial charge in [-0.15, -0.1) is 0 Å². The molecule has 0 aliphatic heterocycles. The molecule has 0 radical (unpaired) electrons. The van der Waals surface area contributed by atoms with Gasteiger partial charge in [-0.3, -0.25) is 0 Å². The average molecular weight is 256 g/mol.